The zero-order valence-electron chi connectivity index (χ0n) is 14.1. The highest BCUT2D eigenvalue weighted by Gasteiger charge is 2.15. The van der Waals surface area contributed by atoms with E-state index in [1.807, 2.05) is 74.6 Å². The van der Waals surface area contributed by atoms with Gasteiger partial charge in [-0.15, -0.1) is 0 Å². The van der Waals surface area contributed by atoms with Crippen molar-refractivity contribution < 1.29 is 9.90 Å². The third kappa shape index (κ3) is 4.99. The predicted octanol–water partition coefficient (Wildman–Crippen LogP) is 2.54. The van der Waals surface area contributed by atoms with Gasteiger partial charge in [-0.05, 0) is 24.6 Å². The number of aliphatic hydroxyl groups is 1. The van der Waals surface area contributed by atoms with Crippen LogP contribution in [0.1, 0.15) is 18.5 Å². The number of likely N-dealkylation sites (N-methyl/N-ethyl adjacent to an activating group) is 1. The highest BCUT2D eigenvalue weighted by molar-refractivity contribution is 5.74. The summed E-state index contributed by atoms with van der Waals surface area (Å²) >= 11 is 0. The van der Waals surface area contributed by atoms with E-state index in [1.165, 1.54) is 0 Å². The van der Waals surface area contributed by atoms with E-state index in [4.69, 9.17) is 0 Å². The number of carbonyl (C=O) groups excluding carboxylic acids is 1. The Hall–Kier alpha value is -2.53. The van der Waals surface area contributed by atoms with Crippen LogP contribution < -0.4 is 15.5 Å². The number of rotatable bonds is 7. The molecule has 0 bridgehead atoms. The summed E-state index contributed by atoms with van der Waals surface area (Å²) in [4.78, 5) is 14.2. The molecule has 24 heavy (non-hydrogen) atoms. The molecule has 2 aromatic rings. The van der Waals surface area contributed by atoms with Crippen molar-refractivity contribution in [3.05, 3.63) is 66.2 Å². The van der Waals surface area contributed by atoms with Gasteiger partial charge in [0, 0.05) is 25.3 Å². The van der Waals surface area contributed by atoms with E-state index in [-0.39, 0.29) is 18.7 Å². The first-order valence-electron chi connectivity index (χ1n) is 8.10. The lowest BCUT2D eigenvalue weighted by Gasteiger charge is -2.27. The number of para-hydroxylation sites is 1. The highest BCUT2D eigenvalue weighted by atomic mass is 16.3. The normalized spacial score (nSPS) is 13.0. The van der Waals surface area contributed by atoms with Crippen LogP contribution in [0.15, 0.2) is 60.7 Å². The van der Waals surface area contributed by atoms with Gasteiger partial charge in [-0.3, -0.25) is 0 Å². The Balaban J connectivity index is 1.84. The molecule has 5 heteroatoms. The van der Waals surface area contributed by atoms with Gasteiger partial charge in [0.15, 0.2) is 0 Å². The molecule has 2 atom stereocenters. The van der Waals surface area contributed by atoms with Crippen molar-refractivity contribution in [2.24, 2.45) is 0 Å². The van der Waals surface area contributed by atoms with Crippen LogP contribution in [0, 0.1) is 0 Å². The van der Waals surface area contributed by atoms with Gasteiger partial charge in [0.05, 0.1) is 12.6 Å². The Morgan fingerprint density at radius 3 is 2.25 bits per heavy atom. The molecule has 0 heterocycles. The van der Waals surface area contributed by atoms with Gasteiger partial charge in [-0.25, -0.2) is 4.79 Å². The van der Waals surface area contributed by atoms with E-state index in [0.29, 0.717) is 6.54 Å². The molecule has 0 radical (unpaired) electrons. The first-order valence-corrected chi connectivity index (χ1v) is 8.10. The molecule has 0 aromatic heterocycles. The number of aliphatic hydroxyl groups excluding tert-OH is 1. The summed E-state index contributed by atoms with van der Waals surface area (Å²) in [6.07, 6.45) is 0. The number of nitrogens with one attached hydrogen (secondary N) is 2. The molecule has 0 fully saturated rings. The van der Waals surface area contributed by atoms with Gasteiger partial charge < -0.3 is 20.6 Å². The maximum absolute atomic E-state index is 12.1. The van der Waals surface area contributed by atoms with Crippen molar-refractivity contribution in [1.29, 1.82) is 0 Å². The number of urea groups is 1. The lowest BCUT2D eigenvalue weighted by Crippen LogP contribution is -2.45. The SMILES string of the molecule is CC(CNC(=O)N[C@H](CO)c1ccccc1)N(C)c1ccccc1. The monoisotopic (exact) mass is 327 g/mol. The van der Waals surface area contributed by atoms with Crippen LogP contribution in [0.5, 0.6) is 0 Å². The Labute approximate surface area is 143 Å². The van der Waals surface area contributed by atoms with E-state index in [0.717, 1.165) is 11.3 Å². The molecule has 0 saturated carbocycles. The van der Waals surface area contributed by atoms with Gasteiger partial charge in [0.1, 0.15) is 0 Å². The van der Waals surface area contributed by atoms with Crippen molar-refractivity contribution in [3.63, 3.8) is 0 Å². The van der Waals surface area contributed by atoms with E-state index in [9.17, 15) is 9.90 Å². The maximum Gasteiger partial charge on any atom is 0.315 e. The summed E-state index contributed by atoms with van der Waals surface area (Å²) in [5.74, 6) is 0. The standard InChI is InChI=1S/C19H25N3O2/c1-15(22(2)17-11-7-4-8-12-17)13-20-19(24)21-18(14-23)16-9-5-3-6-10-16/h3-12,15,18,23H,13-14H2,1-2H3,(H2,20,21,24)/t15?,18-/m1/s1. The second kappa shape index (κ2) is 8.93. The van der Waals surface area contributed by atoms with Crippen molar-refractivity contribution in [2.75, 3.05) is 25.1 Å². The van der Waals surface area contributed by atoms with Crippen LogP contribution in [0.2, 0.25) is 0 Å². The lowest BCUT2D eigenvalue weighted by atomic mass is 10.1. The minimum absolute atomic E-state index is 0.141. The van der Waals surface area contributed by atoms with Crippen LogP contribution in [0.4, 0.5) is 10.5 Å². The van der Waals surface area contributed by atoms with E-state index in [1.54, 1.807) is 0 Å². The molecule has 2 rings (SSSR count). The minimum Gasteiger partial charge on any atom is -0.394 e. The molecule has 0 aliphatic rings. The van der Waals surface area contributed by atoms with E-state index < -0.39 is 6.04 Å². The maximum atomic E-state index is 12.1. The molecule has 0 aliphatic heterocycles. The molecule has 128 valence electrons. The van der Waals surface area contributed by atoms with Gasteiger partial charge in [-0.1, -0.05) is 48.5 Å². The summed E-state index contributed by atoms with van der Waals surface area (Å²) in [5, 5.41) is 15.2. The van der Waals surface area contributed by atoms with Crippen LogP contribution >= 0.6 is 0 Å². The molecule has 2 amide bonds. The van der Waals surface area contributed by atoms with Crippen LogP contribution in [-0.4, -0.2) is 37.4 Å². The molecule has 0 saturated heterocycles. The number of anilines is 1. The van der Waals surface area contributed by atoms with Crippen LogP contribution in [-0.2, 0) is 0 Å². The Morgan fingerprint density at radius 2 is 1.67 bits per heavy atom. The Morgan fingerprint density at radius 1 is 1.08 bits per heavy atom. The third-order valence-electron chi connectivity index (χ3n) is 4.07. The average Bonchev–Trinajstić information content (AvgIpc) is 2.65. The van der Waals surface area contributed by atoms with Crippen molar-refractivity contribution in [3.8, 4) is 0 Å². The Bertz CT molecular complexity index is 619. The second-order valence-electron chi connectivity index (χ2n) is 5.80. The van der Waals surface area contributed by atoms with Crippen molar-refractivity contribution in [2.45, 2.75) is 19.0 Å². The molecule has 0 aliphatic carbocycles. The summed E-state index contributed by atoms with van der Waals surface area (Å²) < 4.78 is 0. The van der Waals surface area contributed by atoms with E-state index >= 15 is 0 Å². The minimum atomic E-state index is -0.409. The quantitative estimate of drug-likeness (QED) is 0.732. The fourth-order valence-corrected chi connectivity index (χ4v) is 2.42. The summed E-state index contributed by atoms with van der Waals surface area (Å²) in [6, 6.07) is 18.9. The zero-order valence-corrected chi connectivity index (χ0v) is 14.1. The molecule has 3 N–H and O–H groups in total. The number of nitrogens with zero attached hydrogens (tertiary/aromatic N) is 1. The highest BCUT2D eigenvalue weighted by Crippen LogP contribution is 2.14. The fraction of sp³-hybridized carbons (Fsp3) is 0.316. The second-order valence-corrected chi connectivity index (χ2v) is 5.80. The molecule has 2 aromatic carbocycles. The molecular formula is C19H25N3O2. The average molecular weight is 327 g/mol. The van der Waals surface area contributed by atoms with Gasteiger partial charge in [0.2, 0.25) is 0 Å². The van der Waals surface area contributed by atoms with Gasteiger partial charge in [0.25, 0.3) is 0 Å². The van der Waals surface area contributed by atoms with Gasteiger partial charge >= 0.3 is 6.03 Å². The van der Waals surface area contributed by atoms with E-state index in [2.05, 4.69) is 15.5 Å². The smallest absolute Gasteiger partial charge is 0.315 e. The Kier molecular flexibility index (Phi) is 6.63. The number of hydrogen-bond acceptors (Lipinski definition) is 3. The molecule has 5 nitrogen and oxygen atoms in total. The van der Waals surface area contributed by atoms with Gasteiger partial charge in [-0.2, -0.15) is 0 Å². The molecule has 0 spiro atoms. The summed E-state index contributed by atoms with van der Waals surface area (Å²) in [7, 11) is 2.00. The van der Waals surface area contributed by atoms with Crippen molar-refractivity contribution >= 4 is 11.7 Å². The molecular weight excluding hydrogens is 302 g/mol. The zero-order chi connectivity index (χ0) is 17.4. The first kappa shape index (κ1) is 17.8. The van der Waals surface area contributed by atoms with Crippen molar-refractivity contribution in [1.82, 2.24) is 10.6 Å². The lowest BCUT2D eigenvalue weighted by molar-refractivity contribution is 0.216. The molecule has 1 unspecified atom stereocenters. The summed E-state index contributed by atoms with van der Waals surface area (Å²) in [5.41, 5.74) is 1.98. The predicted molar refractivity (Wildman–Crippen MR) is 97.1 cm³/mol. The first-order chi connectivity index (χ1) is 11.6. The summed E-state index contributed by atoms with van der Waals surface area (Å²) in [6.45, 7) is 2.41. The fourth-order valence-electron chi connectivity index (χ4n) is 2.42. The van der Waals surface area contributed by atoms with Crippen LogP contribution in [0.3, 0.4) is 0 Å². The number of carbonyl (C=O) groups is 1. The van der Waals surface area contributed by atoms with Crippen LogP contribution in [0.25, 0.3) is 0 Å². The number of hydrogen-bond donors (Lipinski definition) is 3. The largest absolute Gasteiger partial charge is 0.394 e. The number of benzene rings is 2. The number of amides is 2. The third-order valence-corrected chi connectivity index (χ3v) is 4.07. The topological polar surface area (TPSA) is 64.6 Å².